The number of carbonyl (C=O) groups is 1. The number of hydrogen-bond donors (Lipinski definition) is 0. The van der Waals surface area contributed by atoms with Crippen LogP contribution in [0.4, 0.5) is 4.79 Å². The minimum absolute atomic E-state index is 0. The zero-order valence-corrected chi connectivity index (χ0v) is 10.8. The summed E-state index contributed by atoms with van der Waals surface area (Å²) in [6.45, 7) is 0. The van der Waals surface area contributed by atoms with Crippen LogP contribution in [-0.2, 0) is 4.46 Å². The van der Waals surface area contributed by atoms with Gasteiger partial charge in [-0.2, -0.15) is 0 Å². The second-order valence-electron chi connectivity index (χ2n) is 0.500. The SMILES string of the molecule is O.O=C([O-])[O-].O=[Si]([O-])[O-].[Ca+2].[Ca+2]. The van der Waals surface area contributed by atoms with Crippen molar-refractivity contribution in [2.24, 2.45) is 0 Å². The van der Waals surface area contributed by atoms with E-state index in [1.54, 1.807) is 0 Å². The molecule has 0 unspecified atom stereocenters. The first-order chi connectivity index (χ1) is 3.46. The van der Waals surface area contributed by atoms with Crippen LogP contribution in [0.15, 0.2) is 0 Å². The third-order valence-corrected chi connectivity index (χ3v) is 0. The van der Waals surface area contributed by atoms with Crippen molar-refractivity contribution in [2.75, 3.05) is 0 Å². The van der Waals surface area contributed by atoms with Gasteiger partial charge in [0.15, 0.2) is 0 Å². The summed E-state index contributed by atoms with van der Waals surface area (Å²) in [5, 5.41) is 16.7. The Bertz CT molecular complexity index is 74.4. The molecule has 7 nitrogen and oxygen atoms in total. The Hall–Kier alpha value is 1.37. The second kappa shape index (κ2) is 22.5. The van der Waals surface area contributed by atoms with E-state index >= 15 is 0 Å². The van der Waals surface area contributed by atoms with Gasteiger partial charge in [0.2, 0.25) is 0 Å². The van der Waals surface area contributed by atoms with Crippen LogP contribution in [0.3, 0.4) is 0 Å². The molecule has 0 fully saturated rings. The van der Waals surface area contributed by atoms with E-state index in [4.69, 9.17) is 29.1 Å². The minimum Gasteiger partial charge on any atom is -0.672 e. The molecule has 56 valence electrons. The zero-order chi connectivity index (χ0) is 7.15. The Morgan fingerprint density at radius 3 is 1.09 bits per heavy atom. The Morgan fingerprint density at radius 1 is 1.09 bits per heavy atom. The predicted octanol–water partition coefficient (Wildman–Crippen LogP) is -6.91. The molecule has 0 atom stereocenters. The van der Waals surface area contributed by atoms with Crippen LogP contribution in [0.1, 0.15) is 0 Å². The summed E-state index contributed by atoms with van der Waals surface area (Å²) in [7, 11) is -3.63. The molecule has 0 aliphatic heterocycles. The smallest absolute Gasteiger partial charge is 0.672 e. The van der Waals surface area contributed by atoms with E-state index in [1.807, 2.05) is 0 Å². The van der Waals surface area contributed by atoms with Gasteiger partial charge in [0.25, 0.3) is 0 Å². The van der Waals surface area contributed by atoms with Crippen molar-refractivity contribution in [3.05, 3.63) is 0 Å². The third-order valence-electron chi connectivity index (χ3n) is 0. The van der Waals surface area contributed by atoms with Crippen LogP contribution in [0.5, 0.6) is 0 Å². The van der Waals surface area contributed by atoms with Crippen molar-refractivity contribution in [3.8, 4) is 0 Å². The van der Waals surface area contributed by atoms with Gasteiger partial charge >= 0.3 is 75.5 Å². The van der Waals surface area contributed by atoms with E-state index in [1.165, 1.54) is 0 Å². The maximum Gasteiger partial charge on any atom is 2.00 e. The van der Waals surface area contributed by atoms with E-state index in [-0.39, 0.29) is 81.0 Å². The van der Waals surface area contributed by atoms with Crippen molar-refractivity contribution in [1.29, 1.82) is 0 Å². The van der Waals surface area contributed by atoms with Gasteiger partial charge in [-0.05, 0) is 6.16 Å². The second-order valence-corrected chi connectivity index (χ2v) is 1.00. The van der Waals surface area contributed by atoms with E-state index in [2.05, 4.69) is 0 Å². The van der Waals surface area contributed by atoms with Gasteiger partial charge in [0, 0.05) is 9.17 Å². The summed E-state index contributed by atoms with van der Waals surface area (Å²) >= 11 is 0. The Kier molecular flexibility index (Phi) is 60.2. The molecular weight excluding hydrogens is 232 g/mol. The average molecular weight is 234 g/mol. The van der Waals surface area contributed by atoms with Gasteiger partial charge in [-0.25, -0.2) is 0 Å². The Balaban J connectivity index is -0.0000000171. The molecule has 0 spiro atoms. The fourth-order valence-electron chi connectivity index (χ4n) is 0. The van der Waals surface area contributed by atoms with Crippen LogP contribution < -0.4 is 19.8 Å². The Labute approximate surface area is 123 Å². The first kappa shape index (κ1) is 29.4. The molecule has 0 rings (SSSR count). The fraction of sp³-hybridized carbons (Fsp3) is 0. The van der Waals surface area contributed by atoms with Gasteiger partial charge in [-0.15, -0.1) is 0 Å². The molecule has 0 amide bonds. The fourth-order valence-corrected chi connectivity index (χ4v) is 0. The monoisotopic (exact) mass is 234 g/mol. The number of rotatable bonds is 0. The molecule has 0 heterocycles. The summed E-state index contributed by atoms with van der Waals surface area (Å²) < 4.78 is 8.52. The van der Waals surface area contributed by atoms with Crippen molar-refractivity contribution >= 4 is 90.8 Å². The largest absolute Gasteiger partial charge is 2.00 e. The van der Waals surface area contributed by atoms with Crippen LogP contribution >= 0.6 is 0 Å². The summed E-state index contributed by atoms with van der Waals surface area (Å²) in [5.74, 6) is 0. The molecular formula is CH2Ca2O7Si. The summed E-state index contributed by atoms with van der Waals surface area (Å²) in [4.78, 5) is 25.4. The third kappa shape index (κ3) is 534. The zero-order valence-electron chi connectivity index (χ0n) is 5.36. The number of carboxylic acid groups (broad SMARTS) is 2. The molecule has 11 heavy (non-hydrogen) atoms. The topological polar surface area (TPSA) is 158 Å². The molecule has 0 radical (unpaired) electrons. The van der Waals surface area contributed by atoms with E-state index in [0.717, 1.165) is 0 Å². The van der Waals surface area contributed by atoms with Gasteiger partial charge in [-0.3, -0.25) is 0 Å². The minimum atomic E-state index is -3.63. The van der Waals surface area contributed by atoms with Crippen molar-refractivity contribution < 1.29 is 34.5 Å². The van der Waals surface area contributed by atoms with Crippen LogP contribution in [-0.4, -0.2) is 96.3 Å². The summed E-state index contributed by atoms with van der Waals surface area (Å²) in [6.07, 6.45) is -2.33. The Morgan fingerprint density at radius 2 is 1.09 bits per heavy atom. The molecule has 0 saturated heterocycles. The quantitative estimate of drug-likeness (QED) is 0.379. The first-order valence-corrected chi connectivity index (χ1v) is 2.45. The number of carbonyl (C=O) groups excluding carboxylic acids is 1. The molecule has 0 aromatic carbocycles. The van der Waals surface area contributed by atoms with Crippen LogP contribution in [0, 0.1) is 0 Å². The number of hydrogen-bond acceptors (Lipinski definition) is 6. The van der Waals surface area contributed by atoms with Crippen LogP contribution in [0.25, 0.3) is 0 Å². The van der Waals surface area contributed by atoms with Gasteiger partial charge in [-0.1, -0.05) is 0 Å². The van der Waals surface area contributed by atoms with Gasteiger partial charge < -0.3 is 34.5 Å². The summed E-state index contributed by atoms with van der Waals surface area (Å²) in [5.41, 5.74) is 0. The first-order valence-electron chi connectivity index (χ1n) is 1.22. The summed E-state index contributed by atoms with van der Waals surface area (Å²) in [6, 6.07) is 0. The van der Waals surface area contributed by atoms with Gasteiger partial charge in [0.05, 0.1) is 0 Å². The molecule has 2 N–H and O–H groups in total. The molecule has 0 bridgehead atoms. The van der Waals surface area contributed by atoms with E-state index in [9.17, 15) is 0 Å². The van der Waals surface area contributed by atoms with E-state index < -0.39 is 15.3 Å². The van der Waals surface area contributed by atoms with E-state index in [0.29, 0.717) is 0 Å². The van der Waals surface area contributed by atoms with Crippen molar-refractivity contribution in [3.63, 3.8) is 0 Å². The molecule has 0 saturated carbocycles. The van der Waals surface area contributed by atoms with Crippen LogP contribution in [0.2, 0.25) is 0 Å². The standard InChI is InChI=1S/CH2O3.2Ca.O3Si.H2O/c2-1(3)4;;;1-4(2)3;/h(H2,2,3,4);;;;1H2/q;2*+2;-2;/p-2. The molecule has 0 aromatic rings. The van der Waals surface area contributed by atoms with Crippen molar-refractivity contribution in [1.82, 2.24) is 0 Å². The molecule has 0 aromatic heterocycles. The average Bonchev–Trinajstić information content (AvgIpc) is 1.25. The van der Waals surface area contributed by atoms with Gasteiger partial charge in [0.1, 0.15) is 0 Å². The van der Waals surface area contributed by atoms with Crippen molar-refractivity contribution in [2.45, 2.75) is 0 Å². The maximum atomic E-state index is 8.52. The predicted molar refractivity (Wildman–Crippen MR) is 27.0 cm³/mol. The molecule has 0 aliphatic carbocycles. The molecule has 10 heteroatoms. The normalized spacial score (nSPS) is 4.36. The molecule has 0 aliphatic rings. The maximum absolute atomic E-state index is 8.52.